The molecular weight excluding hydrogens is 206 g/mol. The maximum atomic E-state index is 4.07. The molecular formula is C7H12BrN3. The van der Waals surface area contributed by atoms with Crippen molar-refractivity contribution in [1.29, 1.82) is 0 Å². The number of nitrogens with zero attached hydrogens (tertiary/aromatic N) is 1. The molecule has 0 saturated carbocycles. The van der Waals surface area contributed by atoms with E-state index in [4.69, 9.17) is 0 Å². The molecule has 0 amide bonds. The Morgan fingerprint density at radius 2 is 2.18 bits per heavy atom. The Balaban J connectivity index is 2.79. The molecule has 0 saturated heterocycles. The Kier molecular flexibility index (Phi) is 2.54. The van der Waals surface area contributed by atoms with Crippen molar-refractivity contribution in [2.24, 2.45) is 0 Å². The third kappa shape index (κ3) is 1.96. The summed E-state index contributed by atoms with van der Waals surface area (Å²) in [6.45, 7) is 6.13. The first kappa shape index (κ1) is 8.59. The van der Waals surface area contributed by atoms with E-state index in [9.17, 15) is 0 Å². The summed E-state index contributed by atoms with van der Waals surface area (Å²) in [5, 5.41) is 10.2. The molecule has 0 unspecified atom stereocenters. The molecule has 0 spiro atoms. The van der Waals surface area contributed by atoms with Gasteiger partial charge in [0.25, 0.3) is 0 Å². The molecule has 1 aromatic rings. The van der Waals surface area contributed by atoms with E-state index in [0.717, 1.165) is 16.0 Å². The molecule has 0 bridgehead atoms. The minimum Gasteiger partial charge on any atom is -0.365 e. The van der Waals surface area contributed by atoms with Gasteiger partial charge in [-0.3, -0.25) is 5.10 Å². The summed E-state index contributed by atoms with van der Waals surface area (Å²) in [6.07, 6.45) is 0. The van der Waals surface area contributed by atoms with Crippen molar-refractivity contribution in [2.45, 2.75) is 26.8 Å². The van der Waals surface area contributed by atoms with Crippen molar-refractivity contribution in [3.8, 4) is 0 Å². The van der Waals surface area contributed by atoms with E-state index in [1.54, 1.807) is 0 Å². The lowest BCUT2D eigenvalue weighted by atomic mass is 10.4. The first-order valence-corrected chi connectivity index (χ1v) is 4.37. The zero-order chi connectivity index (χ0) is 8.43. The highest BCUT2D eigenvalue weighted by Crippen LogP contribution is 2.22. The van der Waals surface area contributed by atoms with Crippen molar-refractivity contribution in [3.05, 3.63) is 10.2 Å². The number of halogens is 1. The molecule has 0 aliphatic carbocycles. The van der Waals surface area contributed by atoms with Gasteiger partial charge < -0.3 is 5.32 Å². The minimum absolute atomic E-state index is 0.411. The monoisotopic (exact) mass is 217 g/mol. The van der Waals surface area contributed by atoms with Crippen LogP contribution in [-0.4, -0.2) is 16.2 Å². The van der Waals surface area contributed by atoms with E-state index >= 15 is 0 Å². The van der Waals surface area contributed by atoms with E-state index in [2.05, 4.69) is 45.3 Å². The van der Waals surface area contributed by atoms with Crippen LogP contribution in [0.2, 0.25) is 0 Å². The number of hydrogen-bond acceptors (Lipinski definition) is 2. The topological polar surface area (TPSA) is 40.7 Å². The van der Waals surface area contributed by atoms with Crippen LogP contribution in [0.4, 0.5) is 5.82 Å². The first-order chi connectivity index (χ1) is 5.11. The number of aryl methyl sites for hydroxylation is 1. The molecule has 3 nitrogen and oxygen atoms in total. The summed E-state index contributed by atoms with van der Waals surface area (Å²) in [6, 6.07) is 0.411. The normalized spacial score (nSPS) is 10.6. The molecule has 62 valence electrons. The third-order valence-electron chi connectivity index (χ3n) is 1.30. The van der Waals surface area contributed by atoms with Gasteiger partial charge in [-0.15, -0.1) is 0 Å². The molecule has 0 fully saturated rings. The summed E-state index contributed by atoms with van der Waals surface area (Å²) in [4.78, 5) is 0. The van der Waals surface area contributed by atoms with Gasteiger partial charge in [0.2, 0.25) is 0 Å². The predicted molar refractivity (Wildman–Crippen MR) is 49.8 cm³/mol. The van der Waals surface area contributed by atoms with Crippen molar-refractivity contribution in [3.63, 3.8) is 0 Å². The fourth-order valence-electron chi connectivity index (χ4n) is 0.785. The number of anilines is 1. The van der Waals surface area contributed by atoms with Gasteiger partial charge in [0.15, 0.2) is 5.82 Å². The Morgan fingerprint density at radius 3 is 2.55 bits per heavy atom. The van der Waals surface area contributed by atoms with Crippen LogP contribution in [0.15, 0.2) is 4.47 Å². The van der Waals surface area contributed by atoms with Crippen LogP contribution in [-0.2, 0) is 0 Å². The van der Waals surface area contributed by atoms with Gasteiger partial charge in [-0.05, 0) is 36.7 Å². The molecule has 1 heterocycles. The molecule has 0 aliphatic heterocycles. The van der Waals surface area contributed by atoms with Crippen LogP contribution in [0.5, 0.6) is 0 Å². The zero-order valence-corrected chi connectivity index (χ0v) is 8.49. The first-order valence-electron chi connectivity index (χ1n) is 3.58. The number of hydrogen-bond donors (Lipinski definition) is 2. The Morgan fingerprint density at radius 1 is 1.55 bits per heavy atom. The highest BCUT2D eigenvalue weighted by molar-refractivity contribution is 9.10. The fraction of sp³-hybridized carbons (Fsp3) is 0.571. The quantitative estimate of drug-likeness (QED) is 0.799. The number of aromatic nitrogens is 2. The molecule has 0 aliphatic rings. The number of aromatic amines is 1. The van der Waals surface area contributed by atoms with Gasteiger partial charge in [-0.25, -0.2) is 0 Å². The van der Waals surface area contributed by atoms with Gasteiger partial charge in [-0.1, -0.05) is 0 Å². The SMILES string of the molecule is Cc1[nH]nc(NC(C)C)c1Br. The van der Waals surface area contributed by atoms with Gasteiger partial charge in [-0.2, -0.15) is 5.10 Å². The standard InChI is InChI=1S/C7H12BrN3/c1-4(2)9-7-6(8)5(3)10-11-7/h4H,1-3H3,(H2,9,10,11). The lowest BCUT2D eigenvalue weighted by Crippen LogP contribution is -2.10. The van der Waals surface area contributed by atoms with E-state index in [0.29, 0.717) is 6.04 Å². The lowest BCUT2D eigenvalue weighted by Gasteiger charge is -2.05. The molecule has 4 heteroatoms. The smallest absolute Gasteiger partial charge is 0.162 e. The van der Waals surface area contributed by atoms with Crippen LogP contribution >= 0.6 is 15.9 Å². The molecule has 1 aromatic heterocycles. The number of nitrogens with one attached hydrogen (secondary N) is 2. The summed E-state index contributed by atoms with van der Waals surface area (Å²) < 4.78 is 1.02. The Hall–Kier alpha value is -0.510. The average Bonchev–Trinajstić information content (AvgIpc) is 2.18. The molecule has 1 rings (SSSR count). The highest BCUT2D eigenvalue weighted by atomic mass is 79.9. The molecule has 11 heavy (non-hydrogen) atoms. The highest BCUT2D eigenvalue weighted by Gasteiger charge is 2.06. The second-order valence-electron chi connectivity index (χ2n) is 2.81. The molecule has 0 radical (unpaired) electrons. The molecule has 2 N–H and O–H groups in total. The van der Waals surface area contributed by atoms with E-state index in [-0.39, 0.29) is 0 Å². The number of H-pyrrole nitrogens is 1. The van der Waals surface area contributed by atoms with Gasteiger partial charge >= 0.3 is 0 Å². The maximum absolute atomic E-state index is 4.07. The number of rotatable bonds is 2. The van der Waals surface area contributed by atoms with Gasteiger partial charge in [0.1, 0.15) is 0 Å². The van der Waals surface area contributed by atoms with Gasteiger partial charge in [0.05, 0.1) is 4.47 Å². The molecule has 0 atom stereocenters. The summed E-state index contributed by atoms with van der Waals surface area (Å²) >= 11 is 3.42. The van der Waals surface area contributed by atoms with E-state index < -0.39 is 0 Å². The minimum atomic E-state index is 0.411. The average molecular weight is 218 g/mol. The van der Waals surface area contributed by atoms with Crippen LogP contribution in [0.3, 0.4) is 0 Å². The van der Waals surface area contributed by atoms with Gasteiger partial charge in [0, 0.05) is 11.7 Å². The summed E-state index contributed by atoms with van der Waals surface area (Å²) in [5.41, 5.74) is 1.05. The maximum Gasteiger partial charge on any atom is 0.162 e. The fourth-order valence-corrected chi connectivity index (χ4v) is 1.08. The Labute approximate surface area is 74.7 Å². The van der Waals surface area contributed by atoms with Crippen molar-refractivity contribution in [2.75, 3.05) is 5.32 Å². The van der Waals surface area contributed by atoms with Crippen LogP contribution in [0, 0.1) is 6.92 Å². The second-order valence-corrected chi connectivity index (χ2v) is 3.60. The predicted octanol–water partition coefficient (Wildman–Crippen LogP) is 2.30. The lowest BCUT2D eigenvalue weighted by molar-refractivity contribution is 0.882. The van der Waals surface area contributed by atoms with E-state index in [1.165, 1.54) is 0 Å². The Bertz CT molecular complexity index is 242. The largest absolute Gasteiger partial charge is 0.365 e. The molecule has 0 aromatic carbocycles. The van der Waals surface area contributed by atoms with Crippen molar-refractivity contribution < 1.29 is 0 Å². The third-order valence-corrected chi connectivity index (χ3v) is 2.27. The van der Waals surface area contributed by atoms with Crippen LogP contribution in [0.1, 0.15) is 19.5 Å². The van der Waals surface area contributed by atoms with Crippen molar-refractivity contribution >= 4 is 21.7 Å². The van der Waals surface area contributed by atoms with Crippen LogP contribution in [0.25, 0.3) is 0 Å². The van der Waals surface area contributed by atoms with Crippen molar-refractivity contribution in [1.82, 2.24) is 10.2 Å². The summed E-state index contributed by atoms with van der Waals surface area (Å²) in [5.74, 6) is 0.887. The zero-order valence-electron chi connectivity index (χ0n) is 6.90. The van der Waals surface area contributed by atoms with E-state index in [1.807, 2.05) is 6.92 Å². The summed E-state index contributed by atoms with van der Waals surface area (Å²) in [7, 11) is 0. The second kappa shape index (κ2) is 3.26. The van der Waals surface area contributed by atoms with Crippen LogP contribution < -0.4 is 5.32 Å².